The summed E-state index contributed by atoms with van der Waals surface area (Å²) in [4.78, 5) is 5.30. The van der Waals surface area contributed by atoms with Crippen molar-refractivity contribution in [1.29, 1.82) is 0 Å². The van der Waals surface area contributed by atoms with Gasteiger partial charge in [0, 0.05) is 50.1 Å². The third kappa shape index (κ3) is 3.61. The molecule has 0 radical (unpaired) electrons. The maximum absolute atomic E-state index is 6.17. The lowest BCUT2D eigenvalue weighted by atomic mass is 9.91. The summed E-state index contributed by atoms with van der Waals surface area (Å²) in [6.45, 7) is 15.3. The van der Waals surface area contributed by atoms with Gasteiger partial charge in [-0.25, -0.2) is 0 Å². The second kappa shape index (κ2) is 6.95. The molecular formula is C17H33N3O. The molecule has 3 heterocycles. The van der Waals surface area contributed by atoms with Crippen LogP contribution in [0.3, 0.4) is 0 Å². The highest BCUT2D eigenvalue weighted by molar-refractivity contribution is 4.95. The summed E-state index contributed by atoms with van der Waals surface area (Å²) in [5.41, 5.74) is 0. The molecule has 122 valence electrons. The van der Waals surface area contributed by atoms with Gasteiger partial charge in [0.1, 0.15) is 0 Å². The number of rotatable bonds is 4. The molecular weight excluding hydrogens is 262 g/mol. The number of likely N-dealkylation sites (tertiary alicyclic amines) is 1. The van der Waals surface area contributed by atoms with Gasteiger partial charge in [0.25, 0.3) is 0 Å². The first-order valence-corrected chi connectivity index (χ1v) is 8.95. The van der Waals surface area contributed by atoms with Crippen LogP contribution in [-0.4, -0.2) is 73.9 Å². The molecule has 0 aliphatic carbocycles. The lowest BCUT2D eigenvalue weighted by Gasteiger charge is -2.31. The van der Waals surface area contributed by atoms with Crippen molar-refractivity contribution in [3.05, 3.63) is 0 Å². The maximum Gasteiger partial charge on any atom is 0.0634 e. The van der Waals surface area contributed by atoms with E-state index in [1.807, 2.05) is 0 Å². The van der Waals surface area contributed by atoms with Crippen LogP contribution in [0.15, 0.2) is 0 Å². The van der Waals surface area contributed by atoms with Gasteiger partial charge in [-0.2, -0.15) is 0 Å². The largest absolute Gasteiger partial charge is 0.377 e. The molecule has 3 aliphatic heterocycles. The Bertz CT molecular complexity index is 328. The Hall–Kier alpha value is -0.160. The van der Waals surface area contributed by atoms with E-state index in [0.29, 0.717) is 18.2 Å². The van der Waals surface area contributed by atoms with E-state index in [1.165, 1.54) is 45.6 Å². The number of hydrogen-bond acceptors (Lipinski definition) is 4. The third-order valence-corrected chi connectivity index (χ3v) is 5.82. The number of nitrogens with zero attached hydrogens (tertiary/aromatic N) is 2. The second-order valence-corrected chi connectivity index (χ2v) is 7.57. The van der Waals surface area contributed by atoms with Gasteiger partial charge in [-0.1, -0.05) is 0 Å². The highest BCUT2D eigenvalue weighted by atomic mass is 16.5. The molecule has 0 bridgehead atoms. The molecule has 1 N–H and O–H groups in total. The van der Waals surface area contributed by atoms with Crippen molar-refractivity contribution in [3.8, 4) is 0 Å². The van der Waals surface area contributed by atoms with Crippen LogP contribution in [0.4, 0.5) is 0 Å². The van der Waals surface area contributed by atoms with Crippen LogP contribution in [0.25, 0.3) is 0 Å². The molecule has 3 saturated heterocycles. The topological polar surface area (TPSA) is 27.7 Å². The molecule has 21 heavy (non-hydrogen) atoms. The predicted molar refractivity (Wildman–Crippen MR) is 86.6 cm³/mol. The van der Waals surface area contributed by atoms with Crippen molar-refractivity contribution in [1.82, 2.24) is 15.1 Å². The van der Waals surface area contributed by atoms with Gasteiger partial charge in [-0.15, -0.1) is 0 Å². The van der Waals surface area contributed by atoms with Crippen LogP contribution in [0.5, 0.6) is 0 Å². The standard InChI is InChI=1S/C17H33N3O/c1-13(2)20-10-15-12-21-17(16(15)11-20)9-14(3)19-7-4-5-18-6-8-19/h13-18H,4-12H2,1-3H3/t14?,15-,16-,17?/m1/s1. The average molecular weight is 295 g/mol. The van der Waals surface area contributed by atoms with Crippen molar-refractivity contribution >= 4 is 0 Å². The van der Waals surface area contributed by atoms with Crippen molar-refractivity contribution in [2.75, 3.05) is 45.9 Å². The molecule has 3 fully saturated rings. The first-order chi connectivity index (χ1) is 10.1. The van der Waals surface area contributed by atoms with E-state index in [1.54, 1.807) is 0 Å². The van der Waals surface area contributed by atoms with E-state index in [9.17, 15) is 0 Å². The Kier molecular flexibility index (Phi) is 5.20. The summed E-state index contributed by atoms with van der Waals surface area (Å²) in [5, 5.41) is 3.50. The summed E-state index contributed by atoms with van der Waals surface area (Å²) >= 11 is 0. The van der Waals surface area contributed by atoms with Crippen molar-refractivity contribution in [2.24, 2.45) is 11.8 Å². The Morgan fingerprint density at radius 1 is 1.10 bits per heavy atom. The predicted octanol–water partition coefficient (Wildman–Crippen LogP) is 1.42. The summed E-state index contributed by atoms with van der Waals surface area (Å²) < 4.78 is 6.17. The summed E-state index contributed by atoms with van der Waals surface area (Å²) in [6.07, 6.45) is 2.99. The van der Waals surface area contributed by atoms with Crippen LogP contribution in [0.1, 0.15) is 33.6 Å². The van der Waals surface area contributed by atoms with Gasteiger partial charge >= 0.3 is 0 Å². The zero-order valence-electron chi connectivity index (χ0n) is 14.1. The lowest BCUT2D eigenvalue weighted by molar-refractivity contribution is 0.0437. The van der Waals surface area contributed by atoms with Gasteiger partial charge in [0.15, 0.2) is 0 Å². The molecule has 2 unspecified atom stereocenters. The molecule has 0 spiro atoms. The lowest BCUT2D eigenvalue weighted by Crippen LogP contribution is -2.40. The Morgan fingerprint density at radius 2 is 1.95 bits per heavy atom. The van der Waals surface area contributed by atoms with Crippen LogP contribution in [0.2, 0.25) is 0 Å². The minimum Gasteiger partial charge on any atom is -0.377 e. The van der Waals surface area contributed by atoms with E-state index in [4.69, 9.17) is 4.74 Å². The molecule has 0 aromatic carbocycles. The van der Waals surface area contributed by atoms with Crippen LogP contribution < -0.4 is 5.32 Å². The first kappa shape index (κ1) is 15.7. The molecule has 4 nitrogen and oxygen atoms in total. The fourth-order valence-corrected chi connectivity index (χ4v) is 4.36. The van der Waals surface area contributed by atoms with Gasteiger partial charge in [0.05, 0.1) is 12.7 Å². The SMILES string of the molecule is CC(C)N1C[C@@H]2COC(CC(C)N3CCCNCC3)[C@@H]2C1. The van der Waals surface area contributed by atoms with E-state index in [0.717, 1.165) is 25.0 Å². The monoisotopic (exact) mass is 295 g/mol. The summed E-state index contributed by atoms with van der Waals surface area (Å²) in [5.74, 6) is 1.57. The molecule has 0 aromatic heterocycles. The van der Waals surface area contributed by atoms with E-state index in [2.05, 4.69) is 35.9 Å². The quantitative estimate of drug-likeness (QED) is 0.849. The van der Waals surface area contributed by atoms with Crippen LogP contribution in [0, 0.1) is 11.8 Å². The van der Waals surface area contributed by atoms with Crippen molar-refractivity contribution in [2.45, 2.75) is 51.8 Å². The Balaban J connectivity index is 1.53. The highest BCUT2D eigenvalue weighted by Gasteiger charge is 2.44. The molecule has 0 amide bonds. The van der Waals surface area contributed by atoms with Crippen LogP contribution in [-0.2, 0) is 4.74 Å². The summed E-state index contributed by atoms with van der Waals surface area (Å²) in [6, 6.07) is 1.34. The minimum atomic E-state index is 0.491. The number of ether oxygens (including phenoxy) is 1. The van der Waals surface area contributed by atoms with Gasteiger partial charge in [-0.05, 0) is 46.7 Å². The van der Waals surface area contributed by atoms with Gasteiger partial charge in [0.2, 0.25) is 0 Å². The zero-order chi connectivity index (χ0) is 14.8. The summed E-state index contributed by atoms with van der Waals surface area (Å²) in [7, 11) is 0. The highest BCUT2D eigenvalue weighted by Crippen LogP contribution is 2.37. The van der Waals surface area contributed by atoms with Crippen LogP contribution >= 0.6 is 0 Å². The second-order valence-electron chi connectivity index (χ2n) is 7.57. The molecule has 4 atom stereocenters. The molecule has 4 heteroatoms. The fourth-order valence-electron chi connectivity index (χ4n) is 4.36. The van der Waals surface area contributed by atoms with Crippen molar-refractivity contribution < 1.29 is 4.74 Å². The maximum atomic E-state index is 6.17. The number of fused-ring (bicyclic) bond motifs is 1. The Morgan fingerprint density at radius 3 is 2.76 bits per heavy atom. The molecule has 0 aromatic rings. The smallest absolute Gasteiger partial charge is 0.0634 e. The first-order valence-electron chi connectivity index (χ1n) is 8.95. The van der Waals surface area contributed by atoms with Gasteiger partial charge in [-0.3, -0.25) is 4.90 Å². The van der Waals surface area contributed by atoms with E-state index >= 15 is 0 Å². The minimum absolute atomic E-state index is 0.491. The molecule has 3 rings (SSSR count). The number of hydrogen-bond donors (Lipinski definition) is 1. The van der Waals surface area contributed by atoms with Crippen molar-refractivity contribution in [3.63, 3.8) is 0 Å². The molecule has 3 aliphatic rings. The van der Waals surface area contributed by atoms with E-state index in [-0.39, 0.29) is 0 Å². The van der Waals surface area contributed by atoms with E-state index < -0.39 is 0 Å². The number of nitrogens with one attached hydrogen (secondary N) is 1. The fraction of sp³-hybridized carbons (Fsp3) is 1.00. The Labute approximate surface area is 130 Å². The normalized spacial score (nSPS) is 36.9. The zero-order valence-corrected chi connectivity index (χ0v) is 14.1. The van der Waals surface area contributed by atoms with Gasteiger partial charge < -0.3 is 15.0 Å². The third-order valence-electron chi connectivity index (χ3n) is 5.82. The molecule has 0 saturated carbocycles. The average Bonchev–Trinajstić information content (AvgIpc) is 2.90.